The number of phenols is 1. The van der Waals surface area contributed by atoms with Crippen molar-refractivity contribution in [3.05, 3.63) is 26.7 Å². The highest BCUT2D eigenvalue weighted by Crippen LogP contribution is 2.44. The second-order valence-corrected chi connectivity index (χ2v) is 5.71. The smallest absolute Gasteiger partial charge is 0.234 e. The molecular weight excluding hydrogens is 311 g/mol. The van der Waals surface area contributed by atoms with Crippen LogP contribution < -0.4 is 11.1 Å². The third-order valence-electron chi connectivity index (χ3n) is 3.33. The normalized spacial score (nSPS) is 23.3. The maximum absolute atomic E-state index is 11.2. The first-order valence-corrected chi connectivity index (χ1v) is 6.94. The fourth-order valence-electron chi connectivity index (χ4n) is 2.38. The molecule has 104 valence electrons. The van der Waals surface area contributed by atoms with Gasteiger partial charge in [-0.1, -0.05) is 34.8 Å². The second-order valence-electron chi connectivity index (χ2n) is 4.55. The molecule has 1 aliphatic rings. The van der Waals surface area contributed by atoms with E-state index in [1.807, 2.05) is 0 Å². The summed E-state index contributed by atoms with van der Waals surface area (Å²) in [6.07, 6.45) is 1.20. The number of phenolic OH excluding ortho intramolecular Hbond substituents is 1. The molecule has 0 spiro atoms. The molecule has 1 amide bonds. The van der Waals surface area contributed by atoms with Crippen molar-refractivity contribution in [2.75, 3.05) is 6.54 Å². The van der Waals surface area contributed by atoms with E-state index in [1.54, 1.807) is 0 Å². The first kappa shape index (κ1) is 14.7. The number of aromatic hydroxyl groups is 1. The first-order chi connectivity index (χ1) is 8.91. The Balaban J connectivity index is 2.36. The number of nitrogens with two attached hydrogens (primary N) is 1. The molecule has 0 bridgehead atoms. The molecule has 1 heterocycles. The molecule has 19 heavy (non-hydrogen) atoms. The molecule has 0 aliphatic carbocycles. The SMILES string of the molecule is NC(=O)[C@@H]1C[C@H](c2c(O)cc(Cl)c(Cl)c2Cl)CCN1. The summed E-state index contributed by atoms with van der Waals surface area (Å²) in [5, 5.41) is 13.7. The minimum absolute atomic E-state index is 0.00507. The van der Waals surface area contributed by atoms with E-state index in [0.717, 1.165) is 6.42 Å². The van der Waals surface area contributed by atoms with Crippen molar-refractivity contribution in [1.29, 1.82) is 0 Å². The molecule has 2 rings (SSSR count). The number of piperidine rings is 1. The number of amides is 1. The third-order valence-corrected chi connectivity index (χ3v) is 4.61. The van der Waals surface area contributed by atoms with Gasteiger partial charge in [0.05, 0.1) is 21.1 Å². The van der Waals surface area contributed by atoms with Crippen molar-refractivity contribution in [3.63, 3.8) is 0 Å². The van der Waals surface area contributed by atoms with Gasteiger partial charge in [0.2, 0.25) is 5.91 Å². The van der Waals surface area contributed by atoms with Gasteiger partial charge in [-0.15, -0.1) is 0 Å². The Bertz CT molecular complexity index is 522. The van der Waals surface area contributed by atoms with Crippen molar-refractivity contribution in [2.45, 2.75) is 24.8 Å². The summed E-state index contributed by atoms with van der Waals surface area (Å²) in [6.45, 7) is 0.619. The van der Waals surface area contributed by atoms with Gasteiger partial charge in [0.15, 0.2) is 0 Å². The maximum atomic E-state index is 11.2. The molecular formula is C12H13Cl3N2O2. The van der Waals surface area contributed by atoms with Gasteiger partial charge in [0.25, 0.3) is 0 Å². The summed E-state index contributed by atoms with van der Waals surface area (Å²) < 4.78 is 0. The standard InChI is InChI=1S/C12H13Cl3N2O2/c13-6-4-8(18)9(11(15)10(6)14)5-1-2-17-7(3-5)12(16)19/h4-5,7,17-18H,1-3H2,(H2,16,19)/t5-,7+/m1/s1. The average Bonchev–Trinajstić information content (AvgIpc) is 2.36. The molecule has 0 aromatic heterocycles. The fourth-order valence-corrected chi connectivity index (χ4v) is 3.14. The number of hydrogen-bond acceptors (Lipinski definition) is 3. The van der Waals surface area contributed by atoms with Gasteiger partial charge >= 0.3 is 0 Å². The number of halogens is 3. The van der Waals surface area contributed by atoms with E-state index < -0.39 is 11.9 Å². The lowest BCUT2D eigenvalue weighted by molar-refractivity contribution is -0.120. The predicted octanol–water partition coefficient (Wildman–Crippen LogP) is 2.67. The van der Waals surface area contributed by atoms with E-state index >= 15 is 0 Å². The lowest BCUT2D eigenvalue weighted by atomic mass is 9.85. The largest absolute Gasteiger partial charge is 0.508 e. The number of benzene rings is 1. The topological polar surface area (TPSA) is 75.4 Å². The van der Waals surface area contributed by atoms with E-state index in [4.69, 9.17) is 40.5 Å². The van der Waals surface area contributed by atoms with Gasteiger partial charge in [-0.3, -0.25) is 4.79 Å². The summed E-state index contributed by atoms with van der Waals surface area (Å²) in [5.74, 6) is -0.504. The van der Waals surface area contributed by atoms with Gasteiger partial charge in [0, 0.05) is 11.6 Å². The summed E-state index contributed by atoms with van der Waals surface area (Å²) in [7, 11) is 0. The van der Waals surface area contributed by atoms with Crippen LogP contribution in [-0.2, 0) is 4.79 Å². The van der Waals surface area contributed by atoms with E-state index in [-0.39, 0.29) is 26.7 Å². The number of primary amides is 1. The van der Waals surface area contributed by atoms with Crippen molar-refractivity contribution < 1.29 is 9.90 Å². The predicted molar refractivity (Wildman–Crippen MR) is 76.1 cm³/mol. The van der Waals surface area contributed by atoms with Crippen LogP contribution in [0.25, 0.3) is 0 Å². The molecule has 1 aromatic carbocycles. The molecule has 0 radical (unpaired) electrons. The Hall–Kier alpha value is -0.680. The molecule has 2 atom stereocenters. The number of rotatable bonds is 2. The van der Waals surface area contributed by atoms with Crippen molar-refractivity contribution in [2.24, 2.45) is 5.73 Å². The summed E-state index contributed by atoms with van der Waals surface area (Å²) in [4.78, 5) is 11.2. The van der Waals surface area contributed by atoms with E-state index in [1.165, 1.54) is 6.07 Å². The monoisotopic (exact) mass is 322 g/mol. The van der Waals surface area contributed by atoms with Crippen LogP contribution in [0.5, 0.6) is 5.75 Å². The van der Waals surface area contributed by atoms with E-state index in [2.05, 4.69) is 5.32 Å². The van der Waals surface area contributed by atoms with E-state index in [0.29, 0.717) is 18.5 Å². The number of hydrogen-bond donors (Lipinski definition) is 3. The highest BCUT2D eigenvalue weighted by molar-refractivity contribution is 6.48. The molecule has 1 aliphatic heterocycles. The van der Waals surface area contributed by atoms with Gasteiger partial charge in [-0.25, -0.2) is 0 Å². The Morgan fingerprint density at radius 2 is 2.05 bits per heavy atom. The Morgan fingerprint density at radius 3 is 2.68 bits per heavy atom. The molecule has 0 saturated carbocycles. The molecule has 0 unspecified atom stereocenters. The fraction of sp³-hybridized carbons (Fsp3) is 0.417. The molecule has 4 nitrogen and oxygen atoms in total. The zero-order valence-corrected chi connectivity index (χ0v) is 12.2. The molecule has 1 saturated heterocycles. The summed E-state index contributed by atoms with van der Waals surface area (Å²) in [5.41, 5.74) is 5.82. The third kappa shape index (κ3) is 2.92. The quantitative estimate of drug-likeness (QED) is 0.732. The number of carbonyl (C=O) groups excluding carboxylic acids is 1. The maximum Gasteiger partial charge on any atom is 0.234 e. The van der Waals surface area contributed by atoms with Crippen molar-refractivity contribution >= 4 is 40.7 Å². The zero-order chi connectivity index (χ0) is 14.2. The van der Waals surface area contributed by atoms with Gasteiger partial charge in [0.1, 0.15) is 5.75 Å². The average molecular weight is 324 g/mol. The minimum atomic E-state index is -0.427. The van der Waals surface area contributed by atoms with Crippen LogP contribution in [-0.4, -0.2) is 23.6 Å². The lowest BCUT2D eigenvalue weighted by Gasteiger charge is -2.30. The lowest BCUT2D eigenvalue weighted by Crippen LogP contribution is -2.46. The van der Waals surface area contributed by atoms with Gasteiger partial charge in [-0.2, -0.15) is 0 Å². The molecule has 1 aromatic rings. The first-order valence-electron chi connectivity index (χ1n) is 5.81. The van der Waals surface area contributed by atoms with Crippen LogP contribution in [0.3, 0.4) is 0 Å². The Morgan fingerprint density at radius 1 is 1.37 bits per heavy atom. The van der Waals surface area contributed by atoms with Gasteiger partial charge in [-0.05, 0) is 25.3 Å². The van der Waals surface area contributed by atoms with Crippen LogP contribution in [0.1, 0.15) is 24.3 Å². The second kappa shape index (κ2) is 5.75. The molecule has 4 N–H and O–H groups in total. The molecule has 7 heteroatoms. The van der Waals surface area contributed by atoms with Crippen LogP contribution in [0.2, 0.25) is 15.1 Å². The summed E-state index contributed by atoms with van der Waals surface area (Å²) in [6, 6.07) is 0.940. The molecule has 1 fully saturated rings. The van der Waals surface area contributed by atoms with Crippen LogP contribution in [0, 0.1) is 0 Å². The van der Waals surface area contributed by atoms with Crippen LogP contribution in [0.4, 0.5) is 0 Å². The Kier molecular flexibility index (Phi) is 4.46. The van der Waals surface area contributed by atoms with Gasteiger partial charge < -0.3 is 16.2 Å². The van der Waals surface area contributed by atoms with Crippen LogP contribution in [0.15, 0.2) is 6.07 Å². The number of nitrogens with one attached hydrogen (secondary N) is 1. The highest BCUT2D eigenvalue weighted by atomic mass is 35.5. The van der Waals surface area contributed by atoms with Crippen LogP contribution >= 0.6 is 34.8 Å². The summed E-state index contributed by atoms with van der Waals surface area (Å²) >= 11 is 18.0. The Labute approximate surface area is 125 Å². The van der Waals surface area contributed by atoms with Crippen molar-refractivity contribution in [1.82, 2.24) is 5.32 Å². The number of carbonyl (C=O) groups is 1. The zero-order valence-electron chi connectivity index (χ0n) is 9.92. The minimum Gasteiger partial charge on any atom is -0.508 e. The van der Waals surface area contributed by atoms with Crippen molar-refractivity contribution in [3.8, 4) is 5.75 Å². The highest BCUT2D eigenvalue weighted by Gasteiger charge is 2.30. The van der Waals surface area contributed by atoms with E-state index in [9.17, 15) is 9.90 Å².